The minimum absolute atomic E-state index is 0.0370. The maximum Gasteiger partial charge on any atom is 0.159 e. The van der Waals surface area contributed by atoms with Crippen LogP contribution in [-0.4, -0.2) is 11.0 Å². The van der Waals surface area contributed by atoms with Crippen molar-refractivity contribution in [2.24, 2.45) is 10.4 Å². The summed E-state index contributed by atoms with van der Waals surface area (Å²) < 4.78 is 0. The summed E-state index contributed by atoms with van der Waals surface area (Å²) in [5.41, 5.74) is 1.02. The summed E-state index contributed by atoms with van der Waals surface area (Å²) in [4.78, 5) is 10.9. The van der Waals surface area contributed by atoms with Gasteiger partial charge in [-0.1, -0.05) is 12.1 Å². The number of benzene rings is 1. The largest absolute Gasteiger partial charge is 0.394 e. The van der Waals surface area contributed by atoms with Crippen LogP contribution in [0.4, 0.5) is 5.69 Å². The van der Waals surface area contributed by atoms with Gasteiger partial charge in [-0.05, 0) is 19.1 Å². The van der Waals surface area contributed by atoms with Crippen LogP contribution in [0, 0.1) is 0 Å². The third kappa shape index (κ3) is 1.88. The first kappa shape index (κ1) is 8.39. The summed E-state index contributed by atoms with van der Waals surface area (Å²) in [6, 6.07) is 6.56. The van der Waals surface area contributed by atoms with Crippen LogP contribution in [0.3, 0.4) is 0 Å². The predicted molar refractivity (Wildman–Crippen MR) is 42.7 cm³/mol. The Morgan fingerprint density at radius 1 is 1.50 bits per heavy atom. The van der Waals surface area contributed by atoms with Crippen LogP contribution in [0.1, 0.15) is 17.3 Å². The van der Waals surface area contributed by atoms with E-state index in [0.29, 0.717) is 11.3 Å². The summed E-state index contributed by atoms with van der Waals surface area (Å²) in [6.45, 7) is 1.47. The molecule has 4 heteroatoms. The van der Waals surface area contributed by atoms with Crippen molar-refractivity contribution in [3.05, 3.63) is 29.8 Å². The van der Waals surface area contributed by atoms with Gasteiger partial charge in [-0.15, -0.1) is 5.11 Å². The number of rotatable bonds is 2. The maximum atomic E-state index is 10.9. The number of Topliss-reactive ketones (excluding diaryl/α,β-unsaturated/α-hetero) is 1. The SMILES string of the molecule is CC(=O)c1cccc(/N=N/O)c1. The van der Waals surface area contributed by atoms with Crippen LogP contribution in [0.2, 0.25) is 0 Å². The van der Waals surface area contributed by atoms with Crippen LogP contribution in [-0.2, 0) is 0 Å². The lowest BCUT2D eigenvalue weighted by atomic mass is 10.1. The zero-order chi connectivity index (χ0) is 8.97. The molecule has 0 saturated heterocycles. The van der Waals surface area contributed by atoms with Gasteiger partial charge in [-0.25, -0.2) is 0 Å². The fourth-order valence-electron chi connectivity index (χ4n) is 0.839. The van der Waals surface area contributed by atoms with Gasteiger partial charge in [0.15, 0.2) is 5.78 Å². The standard InChI is InChI=1S/C8H8N2O2/c1-6(11)7-3-2-4-8(5-7)9-10-12/h2-5H,1H3,(H,9,12). The Hall–Kier alpha value is -1.71. The molecule has 0 heterocycles. The lowest BCUT2D eigenvalue weighted by molar-refractivity contribution is 0.101. The molecule has 0 fully saturated rings. The molecule has 0 saturated carbocycles. The molecule has 1 aromatic carbocycles. The monoisotopic (exact) mass is 164 g/mol. The summed E-state index contributed by atoms with van der Waals surface area (Å²) in [5, 5.41) is 14.1. The molecule has 0 spiro atoms. The molecule has 12 heavy (non-hydrogen) atoms. The average Bonchev–Trinajstić information content (AvgIpc) is 2.05. The predicted octanol–water partition coefficient (Wildman–Crippen LogP) is 2.36. The van der Waals surface area contributed by atoms with Gasteiger partial charge in [0.2, 0.25) is 0 Å². The number of carbonyl (C=O) groups is 1. The molecule has 0 bridgehead atoms. The van der Waals surface area contributed by atoms with E-state index >= 15 is 0 Å². The van der Waals surface area contributed by atoms with Crippen molar-refractivity contribution < 1.29 is 10.0 Å². The smallest absolute Gasteiger partial charge is 0.159 e. The van der Waals surface area contributed by atoms with Gasteiger partial charge in [0, 0.05) is 10.8 Å². The van der Waals surface area contributed by atoms with Crippen LogP contribution in [0.15, 0.2) is 34.7 Å². The summed E-state index contributed by atoms with van der Waals surface area (Å²) in [6.07, 6.45) is 0. The molecule has 0 aliphatic heterocycles. The van der Waals surface area contributed by atoms with Crippen molar-refractivity contribution in [2.45, 2.75) is 6.92 Å². The Bertz CT molecular complexity index is 321. The molecule has 1 aromatic rings. The van der Waals surface area contributed by atoms with E-state index in [0.717, 1.165) is 0 Å². The molecule has 0 amide bonds. The fourth-order valence-corrected chi connectivity index (χ4v) is 0.839. The second-order valence-corrected chi connectivity index (χ2v) is 2.30. The van der Waals surface area contributed by atoms with Gasteiger partial charge in [0.1, 0.15) is 0 Å². The molecule has 1 N–H and O–H groups in total. The Labute approximate surface area is 69.5 Å². The Balaban J connectivity index is 3.03. The number of nitrogens with zero attached hydrogens (tertiary/aromatic N) is 2. The minimum atomic E-state index is -0.0370. The van der Waals surface area contributed by atoms with E-state index in [1.54, 1.807) is 24.3 Å². The van der Waals surface area contributed by atoms with E-state index in [4.69, 9.17) is 5.21 Å². The van der Waals surface area contributed by atoms with Crippen LogP contribution < -0.4 is 0 Å². The number of hydrogen-bond donors (Lipinski definition) is 1. The van der Waals surface area contributed by atoms with Gasteiger partial charge in [-0.2, -0.15) is 0 Å². The maximum absolute atomic E-state index is 10.9. The van der Waals surface area contributed by atoms with Gasteiger partial charge in [0.05, 0.1) is 5.69 Å². The first-order chi connectivity index (χ1) is 5.74. The van der Waals surface area contributed by atoms with E-state index < -0.39 is 0 Å². The van der Waals surface area contributed by atoms with Crippen molar-refractivity contribution in [1.82, 2.24) is 0 Å². The first-order valence-electron chi connectivity index (χ1n) is 3.40. The number of ketones is 1. The van der Waals surface area contributed by atoms with Crippen LogP contribution in [0.25, 0.3) is 0 Å². The van der Waals surface area contributed by atoms with Gasteiger partial charge in [-0.3, -0.25) is 4.79 Å². The van der Waals surface area contributed by atoms with Gasteiger partial charge in [0.25, 0.3) is 0 Å². The summed E-state index contributed by atoms with van der Waals surface area (Å²) >= 11 is 0. The van der Waals surface area contributed by atoms with Crippen LogP contribution in [0.5, 0.6) is 0 Å². The molecular formula is C8H8N2O2. The van der Waals surface area contributed by atoms with Crippen molar-refractivity contribution in [2.75, 3.05) is 0 Å². The van der Waals surface area contributed by atoms with E-state index in [-0.39, 0.29) is 5.78 Å². The molecule has 4 nitrogen and oxygen atoms in total. The molecule has 1 rings (SSSR count). The lowest BCUT2D eigenvalue weighted by Crippen LogP contribution is -1.89. The number of hydrogen-bond acceptors (Lipinski definition) is 3. The zero-order valence-corrected chi connectivity index (χ0v) is 6.56. The van der Waals surface area contributed by atoms with E-state index in [1.165, 1.54) is 6.92 Å². The van der Waals surface area contributed by atoms with Crippen molar-refractivity contribution >= 4 is 11.5 Å². The highest BCUT2D eigenvalue weighted by Gasteiger charge is 1.98. The second-order valence-electron chi connectivity index (χ2n) is 2.30. The third-order valence-corrected chi connectivity index (χ3v) is 1.41. The normalized spacial score (nSPS) is 10.4. The molecule has 62 valence electrons. The molecule has 0 aromatic heterocycles. The highest BCUT2D eigenvalue weighted by Crippen LogP contribution is 2.14. The Morgan fingerprint density at radius 2 is 2.25 bits per heavy atom. The van der Waals surface area contributed by atoms with Crippen LogP contribution >= 0.6 is 0 Å². The molecule has 0 unspecified atom stereocenters. The average molecular weight is 164 g/mol. The molecule has 0 atom stereocenters. The Kier molecular flexibility index (Phi) is 2.53. The topological polar surface area (TPSA) is 62.0 Å². The van der Waals surface area contributed by atoms with Crippen molar-refractivity contribution in [1.29, 1.82) is 0 Å². The summed E-state index contributed by atoms with van der Waals surface area (Å²) in [5.74, 6) is -0.0370. The molecule has 0 aliphatic rings. The Morgan fingerprint density at radius 3 is 2.83 bits per heavy atom. The molecular weight excluding hydrogens is 156 g/mol. The first-order valence-corrected chi connectivity index (χ1v) is 3.40. The summed E-state index contributed by atoms with van der Waals surface area (Å²) in [7, 11) is 0. The molecule has 0 radical (unpaired) electrons. The lowest BCUT2D eigenvalue weighted by Gasteiger charge is -1.94. The highest BCUT2D eigenvalue weighted by molar-refractivity contribution is 5.94. The van der Waals surface area contributed by atoms with Gasteiger partial charge < -0.3 is 5.21 Å². The number of carbonyl (C=O) groups excluding carboxylic acids is 1. The minimum Gasteiger partial charge on any atom is -0.394 e. The van der Waals surface area contributed by atoms with Gasteiger partial charge >= 0.3 is 0 Å². The van der Waals surface area contributed by atoms with Crippen molar-refractivity contribution in [3.8, 4) is 0 Å². The third-order valence-electron chi connectivity index (χ3n) is 1.41. The van der Waals surface area contributed by atoms with E-state index in [2.05, 4.69) is 10.4 Å². The second kappa shape index (κ2) is 3.61. The fraction of sp³-hybridized carbons (Fsp3) is 0.125. The van der Waals surface area contributed by atoms with Crippen molar-refractivity contribution in [3.63, 3.8) is 0 Å². The molecule has 0 aliphatic carbocycles. The highest BCUT2D eigenvalue weighted by atomic mass is 16.5. The van der Waals surface area contributed by atoms with E-state index in [9.17, 15) is 4.79 Å². The quantitative estimate of drug-likeness (QED) is 0.414. The van der Waals surface area contributed by atoms with E-state index in [1.807, 2.05) is 0 Å². The zero-order valence-electron chi connectivity index (χ0n) is 6.56.